The second-order valence-electron chi connectivity index (χ2n) is 7.50. The Morgan fingerprint density at radius 1 is 1.05 bits per heavy atom. The molecule has 0 atom stereocenters. The summed E-state index contributed by atoms with van der Waals surface area (Å²) in [5.41, 5.74) is 1.92. The summed E-state index contributed by atoms with van der Waals surface area (Å²) in [7, 11) is 1.78. The van der Waals surface area contributed by atoms with Gasteiger partial charge in [-0.2, -0.15) is 0 Å². The lowest BCUT2D eigenvalue weighted by Crippen LogP contribution is -2.97. The van der Waals surface area contributed by atoms with Gasteiger partial charge in [-0.15, -0.1) is 0 Å². The third kappa shape index (κ3) is 2.14. The first kappa shape index (κ1) is 12.7. The van der Waals surface area contributed by atoms with Crippen molar-refractivity contribution < 1.29 is 10.1 Å². The molecule has 0 heterocycles. The number of nitrogens with two attached hydrogens (primary N) is 1. The fourth-order valence-corrected chi connectivity index (χ4v) is 5.63. The Balaban J connectivity index is 1.49. The number of benzene rings is 1. The summed E-state index contributed by atoms with van der Waals surface area (Å²) < 4.78 is 5.50. The van der Waals surface area contributed by atoms with E-state index in [1.165, 1.54) is 44.1 Å². The predicted octanol–water partition coefficient (Wildman–Crippen LogP) is 2.73. The number of methoxy groups -OCH3 is 1. The summed E-state index contributed by atoms with van der Waals surface area (Å²) in [5.74, 6) is 4.16. The van der Waals surface area contributed by atoms with E-state index < -0.39 is 0 Å². The summed E-state index contributed by atoms with van der Waals surface area (Å²) in [6, 6.07) is 8.50. The van der Waals surface area contributed by atoms with Crippen LogP contribution in [0.1, 0.15) is 44.1 Å². The van der Waals surface area contributed by atoms with E-state index in [0.29, 0.717) is 5.54 Å². The van der Waals surface area contributed by atoms with Crippen molar-refractivity contribution in [1.82, 2.24) is 0 Å². The van der Waals surface area contributed by atoms with E-state index in [2.05, 4.69) is 29.6 Å². The molecule has 2 nitrogen and oxygen atoms in total. The Kier molecular flexibility index (Phi) is 3.03. The van der Waals surface area contributed by atoms with Crippen LogP contribution in [0.25, 0.3) is 0 Å². The van der Waals surface area contributed by atoms with Crippen molar-refractivity contribution in [1.29, 1.82) is 0 Å². The van der Waals surface area contributed by atoms with Gasteiger partial charge in [0, 0.05) is 24.8 Å². The monoisotopic (exact) mass is 272 g/mol. The van der Waals surface area contributed by atoms with Crippen LogP contribution < -0.4 is 10.1 Å². The first-order valence-corrected chi connectivity index (χ1v) is 8.23. The number of rotatable bonds is 4. The van der Waals surface area contributed by atoms with Crippen LogP contribution >= 0.6 is 0 Å². The molecule has 4 fully saturated rings. The molecule has 4 aliphatic rings. The van der Waals surface area contributed by atoms with Gasteiger partial charge in [0.25, 0.3) is 0 Å². The Bertz CT molecular complexity index is 461. The Hall–Kier alpha value is -1.02. The topological polar surface area (TPSA) is 25.8 Å². The molecular formula is C18H26NO+. The molecule has 0 spiro atoms. The Labute approximate surface area is 121 Å². The van der Waals surface area contributed by atoms with Gasteiger partial charge in [-0.05, 0) is 49.1 Å². The minimum absolute atomic E-state index is 0.565. The smallest absolute Gasteiger partial charge is 0.127 e. The molecule has 0 amide bonds. The third-order valence-electron chi connectivity index (χ3n) is 6.03. The standard InChI is InChI=1S/C18H25NO/c1-20-17-5-3-2-4-16(17)12-19-18-9-13-6-14(10-18)8-15(7-13)11-18/h2-5,13-15,19H,6-12H2,1H3/p+1. The first-order valence-electron chi connectivity index (χ1n) is 8.23. The molecule has 1 aromatic carbocycles. The lowest BCUT2D eigenvalue weighted by atomic mass is 9.53. The summed E-state index contributed by atoms with van der Waals surface area (Å²) in [6.45, 7) is 1.08. The lowest BCUT2D eigenvalue weighted by molar-refractivity contribution is -0.752. The molecule has 1 aromatic rings. The molecule has 2 heteroatoms. The van der Waals surface area contributed by atoms with Gasteiger partial charge < -0.3 is 10.1 Å². The largest absolute Gasteiger partial charge is 0.496 e. The highest BCUT2D eigenvalue weighted by Gasteiger charge is 2.53. The van der Waals surface area contributed by atoms with Gasteiger partial charge in [0.1, 0.15) is 12.3 Å². The third-order valence-corrected chi connectivity index (χ3v) is 6.03. The van der Waals surface area contributed by atoms with Crippen molar-refractivity contribution in [3.63, 3.8) is 0 Å². The second kappa shape index (κ2) is 4.77. The van der Waals surface area contributed by atoms with Crippen molar-refractivity contribution in [3.8, 4) is 5.75 Å². The molecule has 20 heavy (non-hydrogen) atoms. The minimum Gasteiger partial charge on any atom is -0.496 e. The van der Waals surface area contributed by atoms with E-state index in [0.717, 1.165) is 30.0 Å². The maximum absolute atomic E-state index is 5.50. The van der Waals surface area contributed by atoms with Crippen LogP contribution in [0.3, 0.4) is 0 Å². The second-order valence-corrected chi connectivity index (χ2v) is 7.50. The van der Waals surface area contributed by atoms with Crippen LogP contribution in [-0.4, -0.2) is 12.6 Å². The van der Waals surface area contributed by atoms with Crippen molar-refractivity contribution in [3.05, 3.63) is 29.8 Å². The highest BCUT2D eigenvalue weighted by molar-refractivity contribution is 5.32. The van der Waals surface area contributed by atoms with E-state index >= 15 is 0 Å². The van der Waals surface area contributed by atoms with Gasteiger partial charge in [-0.3, -0.25) is 0 Å². The lowest BCUT2D eigenvalue weighted by Gasteiger charge is -2.54. The van der Waals surface area contributed by atoms with Gasteiger partial charge in [-0.1, -0.05) is 12.1 Å². The molecule has 4 aliphatic carbocycles. The quantitative estimate of drug-likeness (QED) is 0.896. The van der Waals surface area contributed by atoms with Crippen LogP contribution in [0.4, 0.5) is 0 Å². The summed E-state index contributed by atoms with van der Waals surface area (Å²) >= 11 is 0. The normalized spacial score (nSPS) is 38.1. The fraction of sp³-hybridized carbons (Fsp3) is 0.667. The van der Waals surface area contributed by atoms with E-state index in [-0.39, 0.29) is 0 Å². The van der Waals surface area contributed by atoms with Gasteiger partial charge in [0.05, 0.1) is 12.6 Å². The minimum atomic E-state index is 0.565. The molecule has 4 saturated carbocycles. The molecule has 5 rings (SSSR count). The molecule has 0 radical (unpaired) electrons. The first-order chi connectivity index (χ1) is 9.76. The molecule has 2 N–H and O–H groups in total. The Morgan fingerprint density at radius 2 is 1.65 bits per heavy atom. The summed E-state index contributed by atoms with van der Waals surface area (Å²) in [5, 5.41) is 2.66. The van der Waals surface area contributed by atoms with E-state index in [1.54, 1.807) is 7.11 Å². The van der Waals surface area contributed by atoms with Gasteiger partial charge in [-0.25, -0.2) is 0 Å². The maximum atomic E-state index is 5.50. The van der Waals surface area contributed by atoms with Gasteiger partial charge >= 0.3 is 0 Å². The molecule has 0 aliphatic heterocycles. The number of hydrogen-bond donors (Lipinski definition) is 1. The fourth-order valence-electron chi connectivity index (χ4n) is 5.63. The van der Waals surface area contributed by atoms with Crippen LogP contribution in [0.2, 0.25) is 0 Å². The average molecular weight is 272 g/mol. The zero-order valence-corrected chi connectivity index (χ0v) is 12.5. The molecular weight excluding hydrogens is 246 g/mol. The predicted molar refractivity (Wildman–Crippen MR) is 79.5 cm³/mol. The molecule has 0 aromatic heterocycles. The molecule has 108 valence electrons. The van der Waals surface area contributed by atoms with Crippen molar-refractivity contribution in [2.24, 2.45) is 17.8 Å². The molecule has 4 bridgehead atoms. The van der Waals surface area contributed by atoms with E-state index in [9.17, 15) is 0 Å². The highest BCUT2D eigenvalue weighted by Crippen LogP contribution is 2.54. The highest BCUT2D eigenvalue weighted by atomic mass is 16.5. The zero-order chi connectivity index (χ0) is 13.6. The van der Waals surface area contributed by atoms with E-state index in [4.69, 9.17) is 4.74 Å². The maximum Gasteiger partial charge on any atom is 0.127 e. The van der Waals surface area contributed by atoms with Crippen LogP contribution in [0.15, 0.2) is 24.3 Å². The van der Waals surface area contributed by atoms with Crippen LogP contribution in [0, 0.1) is 17.8 Å². The average Bonchev–Trinajstić information content (AvgIpc) is 2.44. The molecule has 0 saturated heterocycles. The van der Waals surface area contributed by atoms with Gasteiger partial charge in [0.2, 0.25) is 0 Å². The summed E-state index contributed by atoms with van der Waals surface area (Å²) in [4.78, 5) is 0. The van der Waals surface area contributed by atoms with Crippen molar-refractivity contribution in [2.45, 2.75) is 50.6 Å². The van der Waals surface area contributed by atoms with Crippen LogP contribution in [0.5, 0.6) is 5.75 Å². The Morgan fingerprint density at radius 3 is 2.25 bits per heavy atom. The number of ether oxygens (including phenoxy) is 1. The number of quaternary nitrogens is 1. The number of para-hydroxylation sites is 1. The molecule has 0 unspecified atom stereocenters. The summed E-state index contributed by atoms with van der Waals surface area (Å²) in [6.07, 6.45) is 8.99. The zero-order valence-electron chi connectivity index (χ0n) is 12.5. The van der Waals surface area contributed by atoms with Gasteiger partial charge in [0.15, 0.2) is 0 Å². The number of hydrogen-bond acceptors (Lipinski definition) is 1. The SMILES string of the molecule is COc1ccccc1C[NH2+]C12CC3CC(CC(C3)C1)C2. The van der Waals surface area contributed by atoms with Crippen LogP contribution in [-0.2, 0) is 6.54 Å². The van der Waals surface area contributed by atoms with E-state index in [1.807, 2.05) is 0 Å². The van der Waals surface area contributed by atoms with Crippen molar-refractivity contribution in [2.75, 3.05) is 7.11 Å². The van der Waals surface area contributed by atoms with Crippen molar-refractivity contribution >= 4 is 0 Å².